The van der Waals surface area contributed by atoms with Gasteiger partial charge >= 0.3 is 12.1 Å². The molecule has 2 nitrogen and oxygen atoms in total. The van der Waals surface area contributed by atoms with Gasteiger partial charge in [0.1, 0.15) is 0 Å². The standard InChI is InChI=1S/C6H8F3O2/c1-2-3-5(10)11-4-6(7,8)9/h1-4H2. The van der Waals surface area contributed by atoms with Crippen LogP contribution >= 0.6 is 0 Å². The normalized spacial score (nSPS) is 11.3. The van der Waals surface area contributed by atoms with E-state index in [9.17, 15) is 18.0 Å². The van der Waals surface area contributed by atoms with Crippen molar-refractivity contribution in [2.24, 2.45) is 0 Å². The Balaban J connectivity index is 3.46. The van der Waals surface area contributed by atoms with Crippen molar-refractivity contribution >= 4 is 5.97 Å². The number of hydrogen-bond donors (Lipinski definition) is 0. The zero-order chi connectivity index (χ0) is 8.91. The Kier molecular flexibility index (Phi) is 3.92. The first kappa shape index (κ1) is 10.3. The molecule has 0 saturated carbocycles. The van der Waals surface area contributed by atoms with Crippen molar-refractivity contribution in [1.82, 2.24) is 0 Å². The average molecular weight is 169 g/mol. The number of carbonyl (C=O) groups excluding carboxylic acids is 1. The lowest BCUT2D eigenvalue weighted by Gasteiger charge is -2.06. The van der Waals surface area contributed by atoms with E-state index in [1.807, 2.05) is 0 Å². The Bertz CT molecular complexity index is 130. The van der Waals surface area contributed by atoms with Crippen LogP contribution in [0.4, 0.5) is 13.2 Å². The van der Waals surface area contributed by atoms with Gasteiger partial charge in [0, 0.05) is 6.42 Å². The van der Waals surface area contributed by atoms with Crippen LogP contribution in [0, 0.1) is 6.92 Å². The first-order valence-corrected chi connectivity index (χ1v) is 2.97. The smallest absolute Gasteiger partial charge is 0.422 e. The van der Waals surface area contributed by atoms with E-state index >= 15 is 0 Å². The van der Waals surface area contributed by atoms with E-state index in [0.717, 1.165) is 0 Å². The molecular formula is C6H8F3O2. The lowest BCUT2D eigenvalue weighted by molar-refractivity contribution is -0.186. The van der Waals surface area contributed by atoms with Crippen molar-refractivity contribution in [3.63, 3.8) is 0 Å². The van der Waals surface area contributed by atoms with Gasteiger partial charge in [-0.1, -0.05) is 6.92 Å². The van der Waals surface area contributed by atoms with Crippen LogP contribution in [0.2, 0.25) is 0 Å². The number of hydrogen-bond acceptors (Lipinski definition) is 2. The summed E-state index contributed by atoms with van der Waals surface area (Å²) in [5, 5.41) is 0. The molecule has 1 radical (unpaired) electrons. The van der Waals surface area contributed by atoms with E-state index in [1.165, 1.54) is 0 Å². The third-order valence-electron chi connectivity index (χ3n) is 0.778. The molecule has 0 saturated heterocycles. The minimum absolute atomic E-state index is 0.0733. The van der Waals surface area contributed by atoms with E-state index in [0.29, 0.717) is 0 Å². The highest BCUT2D eigenvalue weighted by Gasteiger charge is 2.29. The predicted molar refractivity (Wildman–Crippen MR) is 31.6 cm³/mol. The summed E-state index contributed by atoms with van der Waals surface area (Å²) in [5.74, 6) is -0.864. The molecular weight excluding hydrogens is 161 g/mol. The molecule has 0 amide bonds. The molecule has 0 heterocycles. The lowest BCUT2D eigenvalue weighted by atomic mass is 10.3. The zero-order valence-electron chi connectivity index (χ0n) is 5.78. The first-order valence-electron chi connectivity index (χ1n) is 2.97. The Labute approximate surface area is 62.3 Å². The molecule has 0 rings (SSSR count). The quantitative estimate of drug-likeness (QED) is 0.601. The lowest BCUT2D eigenvalue weighted by Crippen LogP contribution is -2.20. The van der Waals surface area contributed by atoms with Gasteiger partial charge in [-0.05, 0) is 6.42 Å². The Morgan fingerprint density at radius 1 is 1.45 bits per heavy atom. The van der Waals surface area contributed by atoms with Gasteiger partial charge in [0.25, 0.3) is 0 Å². The molecule has 5 heteroatoms. The van der Waals surface area contributed by atoms with E-state index < -0.39 is 18.8 Å². The fourth-order valence-corrected chi connectivity index (χ4v) is 0.379. The Hall–Kier alpha value is -0.740. The van der Waals surface area contributed by atoms with Crippen LogP contribution in [0.3, 0.4) is 0 Å². The number of esters is 1. The molecule has 0 aliphatic rings. The molecule has 0 spiro atoms. The molecule has 0 aliphatic carbocycles. The molecule has 0 aliphatic heterocycles. The molecule has 0 aromatic heterocycles. The number of halogens is 3. The van der Waals surface area contributed by atoms with E-state index in [2.05, 4.69) is 11.7 Å². The van der Waals surface area contributed by atoms with Gasteiger partial charge < -0.3 is 4.74 Å². The van der Waals surface area contributed by atoms with Gasteiger partial charge in [-0.3, -0.25) is 4.79 Å². The SMILES string of the molecule is [CH2]CCC(=O)OCC(F)(F)F. The molecule has 11 heavy (non-hydrogen) atoms. The maximum absolute atomic E-state index is 11.4. The fraction of sp³-hybridized carbons (Fsp3) is 0.667. The molecule has 0 aromatic carbocycles. The Morgan fingerprint density at radius 2 is 2.00 bits per heavy atom. The summed E-state index contributed by atoms with van der Waals surface area (Å²) >= 11 is 0. The summed E-state index contributed by atoms with van der Waals surface area (Å²) in [6, 6.07) is 0. The molecule has 0 N–H and O–H groups in total. The molecule has 0 bridgehead atoms. The van der Waals surface area contributed by atoms with Crippen LogP contribution < -0.4 is 0 Å². The highest BCUT2D eigenvalue weighted by molar-refractivity contribution is 5.69. The first-order chi connectivity index (χ1) is 4.95. The molecule has 0 aromatic rings. The highest BCUT2D eigenvalue weighted by atomic mass is 19.4. The fourth-order valence-electron chi connectivity index (χ4n) is 0.379. The Morgan fingerprint density at radius 3 is 2.36 bits per heavy atom. The summed E-state index contributed by atoms with van der Waals surface area (Å²) < 4.78 is 37.9. The maximum Gasteiger partial charge on any atom is 0.422 e. The van der Waals surface area contributed by atoms with Gasteiger partial charge in [-0.2, -0.15) is 13.2 Å². The highest BCUT2D eigenvalue weighted by Crippen LogP contribution is 2.14. The minimum atomic E-state index is -4.43. The van der Waals surface area contributed by atoms with Crippen LogP contribution in [-0.4, -0.2) is 18.8 Å². The van der Waals surface area contributed by atoms with E-state index in [4.69, 9.17) is 0 Å². The van der Waals surface area contributed by atoms with Gasteiger partial charge in [0.15, 0.2) is 6.61 Å². The van der Waals surface area contributed by atoms with Crippen LogP contribution in [0.25, 0.3) is 0 Å². The van der Waals surface area contributed by atoms with Crippen molar-refractivity contribution in [2.75, 3.05) is 6.61 Å². The number of ether oxygens (including phenoxy) is 1. The summed E-state index contributed by atoms with van der Waals surface area (Å²) in [6.45, 7) is 1.78. The molecule has 65 valence electrons. The third kappa shape index (κ3) is 7.15. The minimum Gasteiger partial charge on any atom is -0.456 e. The zero-order valence-corrected chi connectivity index (χ0v) is 5.78. The van der Waals surface area contributed by atoms with Crippen molar-refractivity contribution in [1.29, 1.82) is 0 Å². The summed E-state index contributed by atoms with van der Waals surface area (Å²) in [4.78, 5) is 10.3. The second-order valence-electron chi connectivity index (χ2n) is 1.88. The molecule has 0 unspecified atom stereocenters. The summed E-state index contributed by atoms with van der Waals surface area (Å²) in [7, 11) is 0. The maximum atomic E-state index is 11.4. The topological polar surface area (TPSA) is 26.3 Å². The van der Waals surface area contributed by atoms with Crippen LogP contribution in [-0.2, 0) is 9.53 Å². The number of carbonyl (C=O) groups is 1. The van der Waals surface area contributed by atoms with Crippen molar-refractivity contribution in [3.8, 4) is 0 Å². The summed E-state index contributed by atoms with van der Waals surface area (Å²) in [6.07, 6.45) is -4.26. The average Bonchev–Trinajstić information content (AvgIpc) is 1.83. The monoisotopic (exact) mass is 169 g/mol. The van der Waals surface area contributed by atoms with Crippen molar-refractivity contribution in [3.05, 3.63) is 6.92 Å². The molecule has 0 fully saturated rings. The van der Waals surface area contributed by atoms with Crippen LogP contribution in [0.15, 0.2) is 0 Å². The van der Waals surface area contributed by atoms with Gasteiger partial charge in [-0.25, -0.2) is 0 Å². The van der Waals surface area contributed by atoms with Crippen LogP contribution in [0.5, 0.6) is 0 Å². The third-order valence-corrected chi connectivity index (χ3v) is 0.778. The largest absolute Gasteiger partial charge is 0.456 e. The molecule has 0 atom stereocenters. The second-order valence-corrected chi connectivity index (χ2v) is 1.88. The number of rotatable bonds is 3. The van der Waals surface area contributed by atoms with Crippen molar-refractivity contribution < 1.29 is 22.7 Å². The van der Waals surface area contributed by atoms with Gasteiger partial charge in [0.05, 0.1) is 0 Å². The second kappa shape index (κ2) is 4.20. The van der Waals surface area contributed by atoms with Gasteiger partial charge in [0.2, 0.25) is 0 Å². The van der Waals surface area contributed by atoms with Crippen molar-refractivity contribution in [2.45, 2.75) is 19.0 Å². The van der Waals surface area contributed by atoms with Gasteiger partial charge in [-0.15, -0.1) is 0 Å². The summed E-state index contributed by atoms with van der Waals surface area (Å²) in [5.41, 5.74) is 0. The number of alkyl halides is 3. The predicted octanol–water partition coefficient (Wildman–Crippen LogP) is 1.71. The van der Waals surface area contributed by atoms with E-state index in [1.54, 1.807) is 0 Å². The van der Waals surface area contributed by atoms with Crippen LogP contribution in [0.1, 0.15) is 12.8 Å². The van der Waals surface area contributed by atoms with E-state index in [-0.39, 0.29) is 12.8 Å².